The van der Waals surface area contributed by atoms with Gasteiger partial charge in [0, 0.05) is 65.0 Å². The van der Waals surface area contributed by atoms with Crippen LogP contribution in [0.2, 0.25) is 0 Å². The normalized spacial score (nSPS) is 12.0. The van der Waals surface area contributed by atoms with Crippen LogP contribution < -0.4 is 0 Å². The van der Waals surface area contributed by atoms with Crippen molar-refractivity contribution in [1.29, 1.82) is 0 Å². The van der Waals surface area contributed by atoms with Gasteiger partial charge in [0.2, 0.25) is 0 Å². The number of rotatable bonds is 8. The van der Waals surface area contributed by atoms with Crippen LogP contribution in [0.5, 0.6) is 0 Å². The van der Waals surface area contributed by atoms with Gasteiger partial charge in [-0.25, -0.2) is 0 Å². The van der Waals surface area contributed by atoms with Gasteiger partial charge in [-0.05, 0) is 132 Å². The van der Waals surface area contributed by atoms with Crippen LogP contribution in [-0.2, 0) is 0 Å². The van der Waals surface area contributed by atoms with E-state index < -0.39 is 0 Å². The molecule has 0 N–H and O–H groups in total. The Balaban J connectivity index is 0.831. The SMILES string of the molecule is c1ccc(-c2ccc3c(c2)c2cc(-c4ccccc4)ccc2n3-c2c3ccccc3c(-c3cccc4c3oc3cccc(-c5c6ccccc6c(-n6c7ccc(-c8ccccc8)cc7c7cc(-c8ccccc8)ccc76)c6ccccc56)c34)c3ccccc23)cc1. The maximum absolute atomic E-state index is 7.39. The largest absolute Gasteiger partial charge is 0.455 e. The molecule has 0 unspecified atom stereocenters. The standard InChI is InChI=1S/C88H54N2O/c1-5-23-55(24-6-1)59-43-47-78-74(51-59)75-52-60(56-25-7-2-8-26-56)44-48-79(75)89(78)86-67-35-17-13-31-63(67)83(64-32-14-18-36-68(64)86)71-39-22-42-82-85(71)73-41-21-40-72(88(73)91-82)84-65-33-15-19-37-69(65)87(70-38-20-16-34-66(70)84)90-80-49-45-61(57-27-9-3-10-28-57)53-76(80)77-54-62(46-50-81(77)90)58-29-11-4-12-30-58/h1-54H. The molecule has 0 saturated heterocycles. The third-order valence-electron chi connectivity index (χ3n) is 19.3. The topological polar surface area (TPSA) is 23.0 Å². The lowest BCUT2D eigenvalue weighted by molar-refractivity contribution is 0.670. The third-order valence-corrected chi connectivity index (χ3v) is 19.3. The van der Waals surface area contributed by atoms with Crippen LogP contribution in [0, 0.1) is 0 Å². The lowest BCUT2D eigenvalue weighted by Crippen LogP contribution is -1.99. The molecule has 422 valence electrons. The molecule has 91 heavy (non-hydrogen) atoms. The van der Waals surface area contributed by atoms with E-state index >= 15 is 0 Å². The molecule has 0 saturated carbocycles. The second kappa shape index (κ2) is 20.3. The van der Waals surface area contributed by atoms with Crippen LogP contribution >= 0.6 is 0 Å². The zero-order valence-electron chi connectivity index (χ0n) is 49.5. The molecular formula is C88H54N2O. The lowest BCUT2D eigenvalue weighted by Gasteiger charge is -2.20. The zero-order valence-corrected chi connectivity index (χ0v) is 49.5. The van der Waals surface area contributed by atoms with Crippen molar-refractivity contribution in [1.82, 2.24) is 9.13 Å². The molecule has 0 fully saturated rings. The maximum Gasteiger partial charge on any atom is 0.143 e. The fourth-order valence-electron chi connectivity index (χ4n) is 15.3. The quantitative estimate of drug-likeness (QED) is 0.139. The van der Waals surface area contributed by atoms with Crippen molar-refractivity contribution >= 4 is 109 Å². The van der Waals surface area contributed by atoms with Crippen LogP contribution in [0.15, 0.2) is 332 Å². The lowest BCUT2D eigenvalue weighted by atomic mass is 9.87. The first-order chi connectivity index (χ1) is 45.2. The van der Waals surface area contributed by atoms with Gasteiger partial charge in [0.15, 0.2) is 0 Å². The van der Waals surface area contributed by atoms with Gasteiger partial charge in [-0.2, -0.15) is 0 Å². The summed E-state index contributed by atoms with van der Waals surface area (Å²) < 4.78 is 12.5. The van der Waals surface area contributed by atoms with Gasteiger partial charge in [-0.1, -0.05) is 273 Å². The van der Waals surface area contributed by atoms with Crippen molar-refractivity contribution in [2.45, 2.75) is 0 Å². The van der Waals surface area contributed by atoms with E-state index in [1.165, 1.54) is 98.8 Å². The van der Waals surface area contributed by atoms with Crippen molar-refractivity contribution < 1.29 is 4.42 Å². The maximum atomic E-state index is 7.39. The zero-order chi connectivity index (χ0) is 59.7. The highest BCUT2D eigenvalue weighted by atomic mass is 16.3. The fraction of sp³-hybridized carbons (Fsp3) is 0. The molecule has 0 aliphatic rings. The first kappa shape index (κ1) is 51.0. The number of para-hydroxylation sites is 1. The molecule has 0 amide bonds. The van der Waals surface area contributed by atoms with E-state index in [1.807, 2.05) is 0 Å². The summed E-state index contributed by atoms with van der Waals surface area (Å²) in [6, 6.07) is 121. The molecule has 0 aliphatic heterocycles. The van der Waals surface area contributed by atoms with E-state index in [2.05, 4.69) is 337 Å². The number of nitrogens with zero attached hydrogens (tertiary/aromatic N) is 2. The fourth-order valence-corrected chi connectivity index (χ4v) is 15.3. The van der Waals surface area contributed by atoms with Crippen LogP contribution in [0.25, 0.3) is 187 Å². The summed E-state index contributed by atoms with van der Waals surface area (Å²) in [6.45, 7) is 0. The highest BCUT2D eigenvalue weighted by Gasteiger charge is 2.27. The molecule has 3 nitrogen and oxygen atoms in total. The van der Waals surface area contributed by atoms with E-state index in [1.54, 1.807) is 0 Å². The summed E-state index contributed by atoms with van der Waals surface area (Å²) in [5.74, 6) is 0. The first-order valence-corrected chi connectivity index (χ1v) is 31.4. The Kier molecular flexibility index (Phi) is 11.4. The third kappa shape index (κ3) is 7.81. The van der Waals surface area contributed by atoms with Gasteiger partial charge in [-0.15, -0.1) is 0 Å². The van der Waals surface area contributed by atoms with Gasteiger partial charge in [-0.3, -0.25) is 0 Å². The Morgan fingerprint density at radius 1 is 0.198 bits per heavy atom. The Morgan fingerprint density at radius 3 is 0.835 bits per heavy atom. The number of furan rings is 1. The van der Waals surface area contributed by atoms with E-state index in [4.69, 9.17) is 4.42 Å². The molecular weight excluding hydrogens is 1100 g/mol. The summed E-state index contributed by atoms with van der Waals surface area (Å²) >= 11 is 0. The minimum atomic E-state index is 0.850. The Hall–Kier alpha value is -12.0. The van der Waals surface area contributed by atoms with Gasteiger partial charge < -0.3 is 13.6 Å². The van der Waals surface area contributed by atoms with Crippen molar-refractivity contribution in [3.8, 4) is 78.1 Å². The average molecular weight is 1160 g/mol. The molecule has 0 spiro atoms. The predicted molar refractivity (Wildman–Crippen MR) is 385 cm³/mol. The molecule has 3 aromatic heterocycles. The number of hydrogen-bond donors (Lipinski definition) is 0. The number of benzene rings is 16. The van der Waals surface area contributed by atoms with Gasteiger partial charge in [0.1, 0.15) is 11.2 Å². The molecule has 19 rings (SSSR count). The first-order valence-electron chi connectivity index (χ1n) is 31.4. The second-order valence-electron chi connectivity index (χ2n) is 24.2. The summed E-state index contributed by atoms with van der Waals surface area (Å²) in [6.07, 6.45) is 0. The van der Waals surface area contributed by atoms with Gasteiger partial charge in [0.25, 0.3) is 0 Å². The summed E-state index contributed by atoms with van der Waals surface area (Å²) in [5.41, 5.74) is 22.8. The molecule has 3 heterocycles. The minimum Gasteiger partial charge on any atom is -0.455 e. The number of aromatic nitrogens is 2. The van der Waals surface area contributed by atoms with Gasteiger partial charge >= 0.3 is 0 Å². The smallest absolute Gasteiger partial charge is 0.143 e. The Labute approximate surface area is 524 Å². The van der Waals surface area contributed by atoms with E-state index in [-0.39, 0.29) is 0 Å². The summed E-state index contributed by atoms with van der Waals surface area (Å²) in [5, 5.41) is 16.4. The molecule has 16 aromatic carbocycles. The summed E-state index contributed by atoms with van der Waals surface area (Å²) in [4.78, 5) is 0. The molecule has 19 aromatic rings. The van der Waals surface area contributed by atoms with Crippen molar-refractivity contribution in [3.05, 3.63) is 328 Å². The molecule has 0 radical (unpaired) electrons. The van der Waals surface area contributed by atoms with Crippen molar-refractivity contribution in [2.24, 2.45) is 0 Å². The Bertz CT molecular complexity index is 5860. The number of fused-ring (bicyclic) bond motifs is 13. The molecule has 0 bridgehead atoms. The van der Waals surface area contributed by atoms with Crippen LogP contribution in [0.4, 0.5) is 0 Å². The van der Waals surface area contributed by atoms with E-state index in [9.17, 15) is 0 Å². The summed E-state index contributed by atoms with van der Waals surface area (Å²) in [7, 11) is 0. The molecule has 0 aliphatic carbocycles. The van der Waals surface area contributed by atoms with E-state index in [0.29, 0.717) is 0 Å². The minimum absolute atomic E-state index is 0.850. The predicted octanol–water partition coefficient (Wildman–Crippen LogP) is 24.4. The van der Waals surface area contributed by atoms with E-state index in [0.717, 1.165) is 87.9 Å². The second-order valence-corrected chi connectivity index (χ2v) is 24.2. The highest BCUT2D eigenvalue weighted by Crippen LogP contribution is 2.51. The monoisotopic (exact) mass is 1150 g/mol. The highest BCUT2D eigenvalue weighted by molar-refractivity contribution is 6.28. The number of hydrogen-bond acceptors (Lipinski definition) is 1. The van der Waals surface area contributed by atoms with Crippen LogP contribution in [0.1, 0.15) is 0 Å². The van der Waals surface area contributed by atoms with Gasteiger partial charge in [0.05, 0.1) is 33.4 Å². The van der Waals surface area contributed by atoms with Crippen LogP contribution in [0.3, 0.4) is 0 Å². The van der Waals surface area contributed by atoms with Crippen molar-refractivity contribution in [3.63, 3.8) is 0 Å². The molecule has 3 heteroatoms. The van der Waals surface area contributed by atoms with Crippen molar-refractivity contribution in [2.75, 3.05) is 0 Å². The Morgan fingerprint density at radius 2 is 0.484 bits per heavy atom. The average Bonchev–Trinajstić information content (AvgIpc) is 1.67. The molecule has 0 atom stereocenters. The van der Waals surface area contributed by atoms with Crippen LogP contribution in [-0.4, -0.2) is 9.13 Å².